The first-order valence-electron chi connectivity index (χ1n) is 8.80. The molecule has 0 spiro atoms. The van der Waals surface area contributed by atoms with Crippen LogP contribution in [-0.2, 0) is 9.53 Å². The molecule has 0 saturated carbocycles. The maximum absolute atomic E-state index is 11.4. The molecule has 25 heavy (non-hydrogen) atoms. The Morgan fingerprint density at radius 1 is 1.20 bits per heavy atom. The molecule has 1 aliphatic rings. The van der Waals surface area contributed by atoms with E-state index in [1.807, 2.05) is 25.2 Å². The molecule has 1 rings (SSSR count). The lowest BCUT2D eigenvalue weighted by molar-refractivity contribution is -0.131. The zero-order valence-corrected chi connectivity index (χ0v) is 16.4. The van der Waals surface area contributed by atoms with Gasteiger partial charge in [-0.05, 0) is 56.6 Å². The van der Waals surface area contributed by atoms with Crippen molar-refractivity contribution < 1.29 is 9.53 Å². The van der Waals surface area contributed by atoms with E-state index in [1.54, 1.807) is 6.92 Å². The molecule has 134 valence electrons. The van der Waals surface area contributed by atoms with Crippen molar-refractivity contribution in [2.45, 2.75) is 60.8 Å². The molecule has 0 aromatic heterocycles. The summed E-state index contributed by atoms with van der Waals surface area (Å²) < 4.78 is 4.68. The molecule has 0 unspecified atom stereocenters. The highest BCUT2D eigenvalue weighted by atomic mass is 16.5. The molecule has 0 N–H and O–H groups in total. The van der Waals surface area contributed by atoms with Crippen LogP contribution in [0.3, 0.4) is 0 Å². The Hall–Kier alpha value is -2.27. The van der Waals surface area contributed by atoms with Crippen LogP contribution >= 0.6 is 0 Å². The van der Waals surface area contributed by atoms with Crippen molar-refractivity contribution in [3.8, 4) is 12.0 Å². The molecule has 0 atom stereocenters. The molecule has 0 heterocycles. The van der Waals surface area contributed by atoms with Gasteiger partial charge in [-0.1, -0.05) is 61.3 Å². The first-order valence-corrected chi connectivity index (χ1v) is 8.80. The van der Waals surface area contributed by atoms with Crippen LogP contribution in [0.25, 0.3) is 0 Å². The van der Waals surface area contributed by atoms with Gasteiger partial charge in [-0.3, -0.25) is 0 Å². The summed E-state index contributed by atoms with van der Waals surface area (Å²) in [5, 5.41) is 0. The summed E-state index contributed by atoms with van der Waals surface area (Å²) in [5.41, 5.74) is 5.22. The van der Waals surface area contributed by atoms with Crippen LogP contribution in [0.1, 0.15) is 60.8 Å². The minimum absolute atomic E-state index is 0.260. The summed E-state index contributed by atoms with van der Waals surface area (Å²) in [6, 6.07) is 0. The highest BCUT2D eigenvalue weighted by Crippen LogP contribution is 2.40. The zero-order valence-electron chi connectivity index (χ0n) is 16.4. The number of esters is 1. The van der Waals surface area contributed by atoms with E-state index in [2.05, 4.69) is 56.6 Å². The van der Waals surface area contributed by atoms with Crippen molar-refractivity contribution in [1.29, 1.82) is 0 Å². The maximum Gasteiger partial charge on any atom is 0.344 e. The van der Waals surface area contributed by atoms with Crippen LogP contribution in [0.4, 0.5) is 0 Å². The van der Waals surface area contributed by atoms with Gasteiger partial charge >= 0.3 is 5.97 Å². The van der Waals surface area contributed by atoms with Crippen LogP contribution in [-0.4, -0.2) is 5.97 Å². The van der Waals surface area contributed by atoms with Gasteiger partial charge in [0.1, 0.15) is 6.11 Å². The highest BCUT2D eigenvalue weighted by Gasteiger charge is 2.26. The molecule has 2 nitrogen and oxygen atoms in total. The molecular formula is C23H30O2. The third-order valence-electron chi connectivity index (χ3n) is 4.37. The lowest BCUT2D eigenvalue weighted by atomic mass is 9.72. The molecular weight excluding hydrogens is 308 g/mol. The largest absolute Gasteiger partial charge is 0.369 e. The van der Waals surface area contributed by atoms with E-state index in [1.165, 1.54) is 42.1 Å². The molecule has 0 aromatic rings. The first-order chi connectivity index (χ1) is 11.8. The SMILES string of the molecule is CC#COC(=O)/C=C(C)/C=C/C=C(C)/C=C/C1=C(C)CCCC1(C)C. The summed E-state index contributed by atoms with van der Waals surface area (Å²) in [6.45, 7) is 12.5. The van der Waals surface area contributed by atoms with Gasteiger partial charge < -0.3 is 4.74 Å². The second-order valence-electron chi connectivity index (χ2n) is 7.20. The number of hydrogen-bond donors (Lipinski definition) is 0. The number of ether oxygens (including phenoxy) is 1. The van der Waals surface area contributed by atoms with E-state index in [9.17, 15) is 4.79 Å². The Bertz CT molecular complexity index is 698. The number of hydrogen-bond acceptors (Lipinski definition) is 2. The normalized spacial score (nSPS) is 18.5. The van der Waals surface area contributed by atoms with Crippen molar-refractivity contribution in [3.05, 3.63) is 58.7 Å². The maximum atomic E-state index is 11.4. The fraction of sp³-hybridized carbons (Fsp3) is 0.435. The summed E-state index contributed by atoms with van der Waals surface area (Å²) in [7, 11) is 0. The third kappa shape index (κ3) is 7.44. The topological polar surface area (TPSA) is 26.3 Å². The predicted molar refractivity (Wildman–Crippen MR) is 106 cm³/mol. The molecule has 0 saturated heterocycles. The standard InChI is InChI=1S/C23H30O2/c1-7-16-25-22(24)17-19(3)11-8-10-18(2)13-14-21-20(4)12-9-15-23(21,5)6/h8,10-11,13-14,17H,9,12,15H2,1-6H3/b11-8+,14-13+,18-10+,19-17+. The quantitative estimate of drug-likeness (QED) is 0.264. The Kier molecular flexibility index (Phi) is 8.22. The Balaban J connectivity index is 2.73. The van der Waals surface area contributed by atoms with E-state index in [0.717, 1.165) is 5.57 Å². The molecule has 0 fully saturated rings. The minimum Gasteiger partial charge on any atom is -0.369 e. The van der Waals surface area contributed by atoms with Crippen molar-refractivity contribution in [1.82, 2.24) is 0 Å². The van der Waals surface area contributed by atoms with Crippen LogP contribution < -0.4 is 0 Å². The average molecular weight is 338 g/mol. The first kappa shape index (κ1) is 20.8. The van der Waals surface area contributed by atoms with Gasteiger partial charge in [0.2, 0.25) is 0 Å². The fourth-order valence-electron chi connectivity index (χ4n) is 3.00. The van der Waals surface area contributed by atoms with Crippen LogP contribution in [0.5, 0.6) is 0 Å². The molecule has 0 amide bonds. The molecule has 0 bridgehead atoms. The van der Waals surface area contributed by atoms with Gasteiger partial charge in [0.05, 0.1) is 0 Å². The van der Waals surface area contributed by atoms with Gasteiger partial charge in [-0.2, -0.15) is 0 Å². The zero-order chi connectivity index (χ0) is 18.9. The van der Waals surface area contributed by atoms with E-state index in [-0.39, 0.29) is 5.41 Å². The van der Waals surface area contributed by atoms with Crippen LogP contribution in [0.15, 0.2) is 58.7 Å². The van der Waals surface area contributed by atoms with E-state index in [0.29, 0.717) is 0 Å². The van der Waals surface area contributed by atoms with Crippen molar-refractivity contribution >= 4 is 5.97 Å². The minimum atomic E-state index is -0.445. The lowest BCUT2D eigenvalue weighted by Crippen LogP contribution is -2.19. The van der Waals surface area contributed by atoms with Gasteiger partial charge in [0.25, 0.3) is 0 Å². The van der Waals surface area contributed by atoms with Crippen molar-refractivity contribution in [3.63, 3.8) is 0 Å². The van der Waals surface area contributed by atoms with E-state index < -0.39 is 5.97 Å². The summed E-state index contributed by atoms with van der Waals surface area (Å²) in [6.07, 6.45) is 17.7. The van der Waals surface area contributed by atoms with Gasteiger partial charge in [0, 0.05) is 13.0 Å². The second kappa shape index (κ2) is 9.89. The molecule has 0 radical (unpaired) electrons. The lowest BCUT2D eigenvalue weighted by Gasteiger charge is -2.32. The van der Waals surface area contributed by atoms with Gasteiger partial charge in [-0.15, -0.1) is 0 Å². The Labute approximate surface area is 153 Å². The predicted octanol–water partition coefficient (Wildman–Crippen LogP) is 6.04. The highest BCUT2D eigenvalue weighted by molar-refractivity contribution is 5.84. The third-order valence-corrected chi connectivity index (χ3v) is 4.37. The van der Waals surface area contributed by atoms with E-state index in [4.69, 9.17) is 0 Å². The number of rotatable bonds is 5. The van der Waals surface area contributed by atoms with Crippen LogP contribution in [0.2, 0.25) is 0 Å². The summed E-state index contributed by atoms with van der Waals surface area (Å²) >= 11 is 0. The number of carbonyl (C=O) groups is 1. The fourth-order valence-corrected chi connectivity index (χ4v) is 3.00. The Morgan fingerprint density at radius 3 is 2.56 bits per heavy atom. The smallest absolute Gasteiger partial charge is 0.344 e. The molecule has 1 aliphatic carbocycles. The number of carbonyl (C=O) groups excluding carboxylic acids is 1. The second-order valence-corrected chi connectivity index (χ2v) is 7.20. The number of allylic oxidation sites excluding steroid dienone is 9. The van der Waals surface area contributed by atoms with Crippen molar-refractivity contribution in [2.24, 2.45) is 5.41 Å². The molecule has 0 aromatic carbocycles. The summed E-state index contributed by atoms with van der Waals surface area (Å²) in [5.74, 6) is 2.07. The van der Waals surface area contributed by atoms with Crippen molar-refractivity contribution in [2.75, 3.05) is 0 Å². The molecule has 0 aliphatic heterocycles. The van der Waals surface area contributed by atoms with Gasteiger partial charge in [-0.25, -0.2) is 4.79 Å². The van der Waals surface area contributed by atoms with E-state index >= 15 is 0 Å². The van der Waals surface area contributed by atoms with Gasteiger partial charge in [0.15, 0.2) is 0 Å². The Morgan fingerprint density at radius 2 is 1.92 bits per heavy atom. The molecule has 2 heteroatoms. The monoisotopic (exact) mass is 338 g/mol. The van der Waals surface area contributed by atoms with Crippen LogP contribution in [0, 0.1) is 17.4 Å². The average Bonchev–Trinajstić information content (AvgIpc) is 2.51. The summed E-state index contributed by atoms with van der Waals surface area (Å²) in [4.78, 5) is 11.4.